The number of benzene rings is 1. The first-order valence-electron chi connectivity index (χ1n) is 4.59. The van der Waals surface area contributed by atoms with E-state index in [9.17, 15) is 13.2 Å². The molecule has 6 heteroatoms. The van der Waals surface area contributed by atoms with E-state index in [1.807, 2.05) is 0 Å². The van der Waals surface area contributed by atoms with Crippen LogP contribution >= 0.6 is 23.2 Å². The Morgan fingerprint density at radius 3 is 2.18 bits per heavy atom. The molecule has 1 aromatic carbocycles. The van der Waals surface area contributed by atoms with E-state index < -0.39 is 11.9 Å². The molecule has 1 aromatic heterocycles. The maximum Gasteiger partial charge on any atom is 0.431 e. The summed E-state index contributed by atoms with van der Waals surface area (Å²) in [6.07, 6.45) is -4.38. The van der Waals surface area contributed by atoms with Gasteiger partial charge in [0.25, 0.3) is 0 Å². The lowest BCUT2D eigenvalue weighted by Gasteiger charge is -2.03. The van der Waals surface area contributed by atoms with E-state index in [4.69, 9.17) is 23.2 Å². The Kier molecular flexibility index (Phi) is 3.10. The summed E-state index contributed by atoms with van der Waals surface area (Å²) >= 11 is 11.5. The Labute approximate surface area is 105 Å². The van der Waals surface area contributed by atoms with Gasteiger partial charge in [-0.05, 0) is 29.8 Å². The summed E-state index contributed by atoms with van der Waals surface area (Å²) < 4.78 is 37.1. The van der Waals surface area contributed by atoms with Crippen LogP contribution in [-0.2, 0) is 6.18 Å². The second-order valence-electron chi connectivity index (χ2n) is 3.41. The molecule has 2 rings (SSSR count). The zero-order chi connectivity index (χ0) is 12.6. The maximum absolute atomic E-state index is 12.4. The lowest BCUT2D eigenvalue weighted by atomic mass is 10.2. The molecular formula is C11H6Cl2F3N. The quantitative estimate of drug-likeness (QED) is 0.756. The highest BCUT2D eigenvalue weighted by Crippen LogP contribution is 2.32. The predicted octanol–water partition coefficient (Wildman–Crippen LogP) is 5.01. The van der Waals surface area contributed by atoms with Gasteiger partial charge in [-0.2, -0.15) is 13.2 Å². The summed E-state index contributed by atoms with van der Waals surface area (Å²) in [7, 11) is 0. The third kappa shape index (κ3) is 2.58. The van der Waals surface area contributed by atoms with Crippen molar-refractivity contribution in [1.82, 2.24) is 4.98 Å². The van der Waals surface area contributed by atoms with Gasteiger partial charge in [-0.15, -0.1) is 0 Å². The second kappa shape index (κ2) is 4.27. The number of halogens is 5. The van der Waals surface area contributed by atoms with Crippen LogP contribution in [0.3, 0.4) is 0 Å². The van der Waals surface area contributed by atoms with Crippen LogP contribution in [0, 0.1) is 0 Å². The van der Waals surface area contributed by atoms with Crippen LogP contribution in [-0.4, -0.2) is 4.98 Å². The highest BCUT2D eigenvalue weighted by atomic mass is 35.5. The third-order valence-electron chi connectivity index (χ3n) is 2.22. The minimum absolute atomic E-state index is 0.298. The fourth-order valence-corrected chi connectivity index (χ4v) is 1.69. The van der Waals surface area contributed by atoms with Crippen LogP contribution in [0.15, 0.2) is 30.3 Å². The highest BCUT2D eigenvalue weighted by molar-refractivity contribution is 6.42. The summed E-state index contributed by atoms with van der Waals surface area (Å²) in [4.78, 5) is 2.29. The Balaban J connectivity index is 2.40. The number of hydrogen-bond donors (Lipinski definition) is 1. The fraction of sp³-hybridized carbons (Fsp3) is 0.0909. The van der Waals surface area contributed by atoms with E-state index >= 15 is 0 Å². The van der Waals surface area contributed by atoms with Gasteiger partial charge in [0.2, 0.25) is 0 Å². The molecule has 0 amide bonds. The molecule has 2 aromatic rings. The van der Waals surface area contributed by atoms with Crippen molar-refractivity contribution in [2.75, 3.05) is 0 Å². The van der Waals surface area contributed by atoms with Gasteiger partial charge in [-0.3, -0.25) is 0 Å². The summed E-state index contributed by atoms with van der Waals surface area (Å²) in [6.45, 7) is 0. The number of aromatic amines is 1. The first-order chi connectivity index (χ1) is 7.88. The molecule has 17 heavy (non-hydrogen) atoms. The van der Waals surface area contributed by atoms with Crippen molar-refractivity contribution in [2.24, 2.45) is 0 Å². The van der Waals surface area contributed by atoms with Crippen molar-refractivity contribution in [3.8, 4) is 11.3 Å². The SMILES string of the molecule is FC(F)(F)c1ccc(-c2ccc(Cl)c(Cl)c2)[nH]1. The van der Waals surface area contributed by atoms with Gasteiger partial charge in [0.05, 0.1) is 10.0 Å². The smallest absolute Gasteiger partial charge is 0.351 e. The molecular weight excluding hydrogens is 274 g/mol. The Morgan fingerprint density at radius 2 is 1.65 bits per heavy atom. The number of aromatic nitrogens is 1. The van der Waals surface area contributed by atoms with Gasteiger partial charge in [-0.25, -0.2) is 0 Å². The zero-order valence-electron chi connectivity index (χ0n) is 8.28. The van der Waals surface area contributed by atoms with Crippen LogP contribution in [0.5, 0.6) is 0 Å². The number of H-pyrrole nitrogens is 1. The molecule has 0 atom stereocenters. The first-order valence-corrected chi connectivity index (χ1v) is 5.35. The Bertz CT molecular complexity index is 546. The molecule has 1 heterocycles. The van der Waals surface area contributed by atoms with Gasteiger partial charge >= 0.3 is 6.18 Å². The van der Waals surface area contributed by atoms with Crippen LogP contribution in [0.1, 0.15) is 5.69 Å². The largest absolute Gasteiger partial charge is 0.431 e. The van der Waals surface area contributed by atoms with Gasteiger partial charge in [0.15, 0.2) is 0 Å². The van der Waals surface area contributed by atoms with Gasteiger partial charge < -0.3 is 4.98 Å². The molecule has 0 saturated heterocycles. The second-order valence-corrected chi connectivity index (χ2v) is 4.23. The fourth-order valence-electron chi connectivity index (χ4n) is 1.39. The molecule has 1 N–H and O–H groups in total. The van der Waals surface area contributed by atoms with Gasteiger partial charge in [0, 0.05) is 5.69 Å². The maximum atomic E-state index is 12.4. The topological polar surface area (TPSA) is 15.8 Å². The van der Waals surface area contributed by atoms with Crippen LogP contribution in [0.4, 0.5) is 13.2 Å². The molecule has 0 aliphatic carbocycles. The molecule has 0 radical (unpaired) electrons. The first kappa shape index (κ1) is 12.3. The molecule has 0 spiro atoms. The van der Waals surface area contributed by atoms with Crippen LogP contribution < -0.4 is 0 Å². The lowest BCUT2D eigenvalue weighted by Crippen LogP contribution is -2.04. The van der Waals surface area contributed by atoms with E-state index in [-0.39, 0.29) is 0 Å². The molecule has 0 aliphatic heterocycles. The molecule has 90 valence electrons. The molecule has 0 fully saturated rings. The van der Waals surface area contributed by atoms with Crippen molar-refractivity contribution in [1.29, 1.82) is 0 Å². The van der Waals surface area contributed by atoms with Crippen LogP contribution in [0.2, 0.25) is 10.0 Å². The Hall–Kier alpha value is -1.13. The lowest BCUT2D eigenvalue weighted by molar-refractivity contribution is -0.140. The zero-order valence-corrected chi connectivity index (χ0v) is 9.79. The number of nitrogens with one attached hydrogen (secondary N) is 1. The van der Waals surface area contributed by atoms with E-state index in [0.717, 1.165) is 6.07 Å². The number of rotatable bonds is 1. The standard InChI is InChI=1S/C11H6Cl2F3N/c12-7-2-1-6(5-8(7)13)9-3-4-10(17-9)11(14,15)16/h1-5,17H. The van der Waals surface area contributed by atoms with Gasteiger partial charge in [-0.1, -0.05) is 29.3 Å². The van der Waals surface area contributed by atoms with Crippen molar-refractivity contribution >= 4 is 23.2 Å². The Morgan fingerprint density at radius 1 is 0.941 bits per heavy atom. The highest BCUT2D eigenvalue weighted by Gasteiger charge is 2.32. The minimum Gasteiger partial charge on any atom is -0.351 e. The molecule has 0 saturated carbocycles. The van der Waals surface area contributed by atoms with Crippen molar-refractivity contribution in [3.05, 3.63) is 46.1 Å². The van der Waals surface area contributed by atoms with Gasteiger partial charge in [0.1, 0.15) is 5.69 Å². The molecule has 0 bridgehead atoms. The molecule has 0 unspecified atom stereocenters. The van der Waals surface area contributed by atoms with E-state index in [1.54, 1.807) is 6.07 Å². The van der Waals surface area contributed by atoms with Crippen molar-refractivity contribution < 1.29 is 13.2 Å². The average molecular weight is 280 g/mol. The molecule has 0 aliphatic rings. The molecule has 1 nitrogen and oxygen atoms in total. The minimum atomic E-state index is -4.38. The summed E-state index contributed by atoms with van der Waals surface area (Å²) in [5.74, 6) is 0. The van der Waals surface area contributed by atoms with E-state index in [1.165, 1.54) is 18.2 Å². The normalized spacial score (nSPS) is 11.8. The summed E-state index contributed by atoms with van der Waals surface area (Å²) in [5, 5.41) is 0.658. The monoisotopic (exact) mass is 279 g/mol. The average Bonchev–Trinajstić information content (AvgIpc) is 2.70. The van der Waals surface area contributed by atoms with E-state index in [2.05, 4.69) is 4.98 Å². The summed E-state index contributed by atoms with van der Waals surface area (Å²) in [5.41, 5.74) is 0.101. The number of hydrogen-bond acceptors (Lipinski definition) is 0. The summed E-state index contributed by atoms with van der Waals surface area (Å²) in [6, 6.07) is 6.98. The number of alkyl halides is 3. The van der Waals surface area contributed by atoms with Crippen molar-refractivity contribution in [3.63, 3.8) is 0 Å². The van der Waals surface area contributed by atoms with E-state index in [0.29, 0.717) is 21.3 Å². The third-order valence-corrected chi connectivity index (χ3v) is 2.96. The van der Waals surface area contributed by atoms with Crippen LogP contribution in [0.25, 0.3) is 11.3 Å². The van der Waals surface area contributed by atoms with Crippen molar-refractivity contribution in [2.45, 2.75) is 6.18 Å². The predicted molar refractivity (Wildman–Crippen MR) is 61.3 cm³/mol.